The number of carbonyl (C=O) groups excluding carboxylic acids is 1. The molecule has 0 spiro atoms. The number of rotatable bonds is 4. The minimum absolute atomic E-state index is 0.0326. The van der Waals surface area contributed by atoms with Gasteiger partial charge in [0.2, 0.25) is 5.95 Å². The number of nitrogens with one attached hydrogen (secondary N) is 2. The maximum Gasteiger partial charge on any atom is 0.265 e. The van der Waals surface area contributed by atoms with Crippen molar-refractivity contribution in [3.63, 3.8) is 0 Å². The number of aryl methyl sites for hydroxylation is 1. The summed E-state index contributed by atoms with van der Waals surface area (Å²) in [6.45, 7) is 4.51. The smallest absolute Gasteiger partial charge is 0.265 e. The minimum Gasteiger partial charge on any atom is -0.336 e. The van der Waals surface area contributed by atoms with E-state index in [-0.39, 0.29) is 5.91 Å². The molecule has 148 valence electrons. The lowest BCUT2D eigenvalue weighted by Crippen LogP contribution is -2.49. The summed E-state index contributed by atoms with van der Waals surface area (Å²) >= 11 is 1.37. The molecule has 1 aliphatic rings. The maximum atomic E-state index is 12.5. The fourth-order valence-electron chi connectivity index (χ4n) is 3.34. The molecule has 5 heterocycles. The summed E-state index contributed by atoms with van der Waals surface area (Å²) < 4.78 is 1.80. The van der Waals surface area contributed by atoms with Crippen molar-refractivity contribution in [3.8, 4) is 0 Å². The Bertz CT molecular complexity index is 1140. The summed E-state index contributed by atoms with van der Waals surface area (Å²) in [6, 6.07) is 5.81. The van der Waals surface area contributed by atoms with E-state index in [1.807, 2.05) is 36.2 Å². The lowest BCUT2D eigenvalue weighted by molar-refractivity contribution is 0.0751. The second kappa shape index (κ2) is 7.17. The second-order valence-corrected chi connectivity index (χ2v) is 7.69. The van der Waals surface area contributed by atoms with Crippen molar-refractivity contribution >= 4 is 40.3 Å². The van der Waals surface area contributed by atoms with Gasteiger partial charge in [0, 0.05) is 44.1 Å². The van der Waals surface area contributed by atoms with E-state index in [2.05, 4.69) is 30.5 Å². The molecule has 0 saturated carbocycles. The molecule has 4 aromatic rings. The third-order valence-electron chi connectivity index (χ3n) is 4.83. The Balaban J connectivity index is 1.36. The molecule has 1 amide bonds. The summed E-state index contributed by atoms with van der Waals surface area (Å²) in [5, 5.41) is 15.1. The van der Waals surface area contributed by atoms with Crippen LogP contribution in [0.15, 0.2) is 36.1 Å². The fourth-order valence-corrected chi connectivity index (χ4v) is 3.93. The largest absolute Gasteiger partial charge is 0.336 e. The fraction of sp³-hybridized carbons (Fsp3) is 0.278. The molecular formula is C18H19N9OS. The van der Waals surface area contributed by atoms with E-state index >= 15 is 0 Å². The van der Waals surface area contributed by atoms with Crippen LogP contribution in [0, 0.1) is 6.92 Å². The number of anilines is 3. The number of hydrogen-bond donors (Lipinski definition) is 2. The monoisotopic (exact) mass is 409 g/mol. The first-order valence-corrected chi connectivity index (χ1v) is 10.1. The van der Waals surface area contributed by atoms with Crippen LogP contribution in [0.1, 0.15) is 15.4 Å². The highest BCUT2D eigenvalue weighted by atomic mass is 32.1. The van der Waals surface area contributed by atoms with Crippen LogP contribution in [0.2, 0.25) is 0 Å². The molecule has 10 nitrogen and oxygen atoms in total. The highest BCUT2D eigenvalue weighted by Gasteiger charge is 2.25. The van der Waals surface area contributed by atoms with Crippen LogP contribution >= 0.6 is 11.3 Å². The van der Waals surface area contributed by atoms with Crippen LogP contribution in [-0.4, -0.2) is 66.8 Å². The number of aromatic nitrogens is 6. The van der Waals surface area contributed by atoms with Gasteiger partial charge in [-0.1, -0.05) is 0 Å². The highest BCUT2D eigenvalue weighted by Crippen LogP contribution is 2.23. The zero-order valence-electron chi connectivity index (χ0n) is 15.7. The van der Waals surface area contributed by atoms with Crippen molar-refractivity contribution in [2.45, 2.75) is 6.92 Å². The Kier molecular flexibility index (Phi) is 4.35. The van der Waals surface area contributed by atoms with Gasteiger partial charge < -0.3 is 15.1 Å². The Labute approximate surface area is 170 Å². The lowest BCUT2D eigenvalue weighted by Gasteiger charge is -2.34. The number of piperazine rings is 1. The molecular weight excluding hydrogens is 390 g/mol. The van der Waals surface area contributed by atoms with Crippen LogP contribution in [0.3, 0.4) is 0 Å². The third kappa shape index (κ3) is 3.40. The Morgan fingerprint density at radius 1 is 1.28 bits per heavy atom. The number of amides is 1. The molecule has 2 N–H and O–H groups in total. The van der Waals surface area contributed by atoms with Crippen LogP contribution in [0.4, 0.5) is 17.6 Å². The van der Waals surface area contributed by atoms with Crippen LogP contribution in [0.25, 0.3) is 5.52 Å². The summed E-state index contributed by atoms with van der Waals surface area (Å²) in [6.07, 6.45) is 3.52. The van der Waals surface area contributed by atoms with Crippen LogP contribution in [-0.2, 0) is 0 Å². The number of nitrogens with zero attached hydrogens (tertiary/aromatic N) is 7. The standard InChI is InChI=1S/C18H19N9OS/c1-12-9-15(23-22-12)20-16-13-3-2-4-27(13)24-18(21-16)26-7-5-25(6-8-26)17(28)14-10-19-11-29-14/h2-4,9-11H,5-8H2,1H3,(H2,20,21,22,23,24). The van der Waals surface area contributed by atoms with Crippen LogP contribution < -0.4 is 10.2 Å². The van der Waals surface area contributed by atoms with Gasteiger partial charge in [0.25, 0.3) is 5.91 Å². The molecule has 0 radical (unpaired) electrons. The van der Waals surface area contributed by atoms with E-state index < -0.39 is 0 Å². The Morgan fingerprint density at radius 2 is 2.14 bits per heavy atom. The maximum absolute atomic E-state index is 12.5. The van der Waals surface area contributed by atoms with Gasteiger partial charge in [-0.3, -0.25) is 14.9 Å². The van der Waals surface area contributed by atoms with Crippen LogP contribution in [0.5, 0.6) is 0 Å². The SMILES string of the molecule is Cc1cc(Nc2nc(N3CCN(C(=O)c4cncs4)CC3)nn3cccc23)n[nH]1. The zero-order chi connectivity index (χ0) is 19.8. The third-order valence-corrected chi connectivity index (χ3v) is 5.59. The predicted octanol–water partition coefficient (Wildman–Crippen LogP) is 1.92. The summed E-state index contributed by atoms with van der Waals surface area (Å²) in [5.74, 6) is 2.04. The van der Waals surface area contributed by atoms with Gasteiger partial charge in [-0.25, -0.2) is 4.52 Å². The highest BCUT2D eigenvalue weighted by molar-refractivity contribution is 7.11. The zero-order valence-corrected chi connectivity index (χ0v) is 16.6. The molecule has 1 aliphatic heterocycles. The summed E-state index contributed by atoms with van der Waals surface area (Å²) in [4.78, 5) is 25.9. The molecule has 11 heteroatoms. The van der Waals surface area contributed by atoms with E-state index in [1.54, 1.807) is 16.2 Å². The van der Waals surface area contributed by atoms with Crippen molar-refractivity contribution in [2.24, 2.45) is 0 Å². The van der Waals surface area contributed by atoms with Crippen molar-refractivity contribution in [1.82, 2.24) is 34.7 Å². The molecule has 0 atom stereocenters. The first-order valence-electron chi connectivity index (χ1n) is 9.24. The molecule has 4 aromatic heterocycles. The number of hydrogen-bond acceptors (Lipinski definition) is 8. The Hall–Kier alpha value is -3.47. The summed E-state index contributed by atoms with van der Waals surface area (Å²) in [7, 11) is 0. The van der Waals surface area contributed by atoms with Crippen molar-refractivity contribution in [1.29, 1.82) is 0 Å². The number of H-pyrrole nitrogens is 1. The molecule has 1 fully saturated rings. The number of aromatic amines is 1. The topological polar surface area (TPSA) is 107 Å². The van der Waals surface area contributed by atoms with Gasteiger partial charge in [-0.2, -0.15) is 10.1 Å². The van der Waals surface area contributed by atoms with Gasteiger partial charge in [0.15, 0.2) is 11.6 Å². The van der Waals surface area contributed by atoms with E-state index in [4.69, 9.17) is 4.98 Å². The number of fused-ring (bicyclic) bond motifs is 1. The van der Waals surface area contributed by atoms with Gasteiger partial charge >= 0.3 is 0 Å². The average Bonchev–Trinajstić information content (AvgIpc) is 3.49. The van der Waals surface area contributed by atoms with Gasteiger partial charge in [0.05, 0.1) is 11.7 Å². The van der Waals surface area contributed by atoms with Crippen molar-refractivity contribution < 1.29 is 4.79 Å². The first kappa shape index (κ1) is 17.6. The molecule has 0 aliphatic carbocycles. The van der Waals surface area contributed by atoms with Crippen molar-refractivity contribution in [2.75, 3.05) is 36.4 Å². The molecule has 0 aromatic carbocycles. The molecule has 0 bridgehead atoms. The Morgan fingerprint density at radius 3 is 2.86 bits per heavy atom. The summed E-state index contributed by atoms with van der Waals surface area (Å²) in [5.41, 5.74) is 3.52. The molecule has 0 unspecified atom stereocenters. The number of carbonyl (C=O) groups is 1. The van der Waals surface area contributed by atoms with E-state index in [1.165, 1.54) is 11.3 Å². The van der Waals surface area contributed by atoms with Crippen molar-refractivity contribution in [3.05, 3.63) is 46.7 Å². The molecule has 5 rings (SSSR count). The van der Waals surface area contributed by atoms with Gasteiger partial charge in [-0.15, -0.1) is 16.4 Å². The normalized spacial score (nSPS) is 14.5. The van der Waals surface area contributed by atoms with E-state index in [0.717, 1.165) is 11.2 Å². The average molecular weight is 409 g/mol. The lowest BCUT2D eigenvalue weighted by atomic mass is 10.3. The quantitative estimate of drug-likeness (QED) is 0.530. The van der Waals surface area contributed by atoms with Gasteiger partial charge in [-0.05, 0) is 19.1 Å². The van der Waals surface area contributed by atoms with Gasteiger partial charge in [0.1, 0.15) is 10.4 Å². The van der Waals surface area contributed by atoms with E-state index in [9.17, 15) is 4.79 Å². The second-order valence-electron chi connectivity index (χ2n) is 6.80. The number of thiazole rings is 1. The molecule has 29 heavy (non-hydrogen) atoms. The predicted molar refractivity (Wildman–Crippen MR) is 110 cm³/mol. The minimum atomic E-state index is 0.0326. The van der Waals surface area contributed by atoms with E-state index in [0.29, 0.717) is 48.6 Å². The first-order chi connectivity index (χ1) is 14.2. The molecule has 1 saturated heterocycles.